The number of carbonyl (C=O) groups is 1. The van der Waals surface area contributed by atoms with E-state index in [9.17, 15) is 23.3 Å². The predicted octanol–water partition coefficient (Wildman–Crippen LogP) is 1.06. The van der Waals surface area contributed by atoms with Crippen molar-refractivity contribution >= 4 is 21.8 Å². The molecule has 1 aliphatic carbocycles. The normalized spacial score (nSPS) is 21.5. The monoisotopic (exact) mass is 329 g/mol. The van der Waals surface area contributed by atoms with Gasteiger partial charge in [-0.25, -0.2) is 17.9 Å². The van der Waals surface area contributed by atoms with Crippen LogP contribution in [0.4, 0.5) is 10.5 Å². The Labute approximate surface area is 126 Å². The van der Waals surface area contributed by atoms with E-state index >= 15 is 0 Å². The third kappa shape index (κ3) is 3.71. The molecule has 2 rings (SSSR count). The minimum atomic E-state index is -4.04. The molecule has 0 saturated heterocycles. The fraction of sp³-hybridized carbons (Fsp3) is 0.417. The Kier molecular flexibility index (Phi) is 4.62. The third-order valence-corrected chi connectivity index (χ3v) is 5.00. The van der Waals surface area contributed by atoms with Crippen molar-refractivity contribution in [2.75, 3.05) is 0 Å². The number of nitro groups is 1. The zero-order valence-corrected chi connectivity index (χ0v) is 12.2. The molecule has 1 saturated carbocycles. The zero-order valence-electron chi connectivity index (χ0n) is 11.4. The van der Waals surface area contributed by atoms with Crippen molar-refractivity contribution in [3.05, 3.63) is 34.4 Å². The molecule has 0 bridgehead atoms. The topological polar surface area (TPSA) is 139 Å². The molecule has 0 heterocycles. The minimum absolute atomic E-state index is 0.312. The summed E-state index contributed by atoms with van der Waals surface area (Å²) in [5.74, 6) is 0. The first-order valence-electron chi connectivity index (χ1n) is 6.55. The highest BCUT2D eigenvalue weighted by molar-refractivity contribution is 7.89. The van der Waals surface area contributed by atoms with Crippen molar-refractivity contribution in [3.8, 4) is 0 Å². The number of hydrogen-bond acceptors (Lipinski definition) is 5. The van der Waals surface area contributed by atoms with E-state index in [0.29, 0.717) is 19.3 Å². The van der Waals surface area contributed by atoms with E-state index in [4.69, 9.17) is 5.11 Å². The molecule has 0 unspecified atom stereocenters. The molecular formula is C12H15N3O6S. The van der Waals surface area contributed by atoms with E-state index in [0.717, 1.165) is 6.07 Å². The fourth-order valence-corrected chi connectivity index (χ4v) is 3.97. The van der Waals surface area contributed by atoms with Crippen LogP contribution in [-0.4, -0.2) is 36.6 Å². The molecule has 0 radical (unpaired) electrons. The molecule has 1 aromatic rings. The van der Waals surface area contributed by atoms with Crippen molar-refractivity contribution in [2.24, 2.45) is 0 Å². The Hall–Kier alpha value is -2.20. The van der Waals surface area contributed by atoms with Crippen molar-refractivity contribution in [1.82, 2.24) is 10.0 Å². The Balaban J connectivity index is 2.13. The van der Waals surface area contributed by atoms with Gasteiger partial charge in [0, 0.05) is 18.2 Å². The molecule has 10 heteroatoms. The number of nitrogens with one attached hydrogen (secondary N) is 2. The van der Waals surface area contributed by atoms with Crippen LogP contribution in [0.2, 0.25) is 0 Å². The smallest absolute Gasteiger partial charge is 0.404 e. The summed E-state index contributed by atoms with van der Waals surface area (Å²) < 4.78 is 27.0. The van der Waals surface area contributed by atoms with Crippen LogP contribution >= 0.6 is 0 Å². The Morgan fingerprint density at radius 2 is 1.91 bits per heavy atom. The Morgan fingerprint density at radius 1 is 1.27 bits per heavy atom. The molecule has 0 aliphatic heterocycles. The van der Waals surface area contributed by atoms with Gasteiger partial charge in [-0.3, -0.25) is 10.1 Å². The second kappa shape index (κ2) is 6.28. The summed E-state index contributed by atoms with van der Waals surface area (Å²) in [6.07, 6.45) is 0.125. The maximum atomic E-state index is 12.3. The van der Waals surface area contributed by atoms with E-state index in [2.05, 4.69) is 10.0 Å². The maximum Gasteiger partial charge on any atom is 0.404 e. The number of amides is 1. The van der Waals surface area contributed by atoms with E-state index < -0.39 is 37.7 Å². The minimum Gasteiger partial charge on any atom is -0.465 e. The van der Waals surface area contributed by atoms with Crippen molar-refractivity contribution in [2.45, 2.75) is 36.2 Å². The average molecular weight is 329 g/mol. The highest BCUT2D eigenvalue weighted by Crippen LogP contribution is 2.26. The molecule has 120 valence electrons. The number of nitro benzene ring substituents is 1. The molecule has 1 fully saturated rings. The van der Waals surface area contributed by atoms with Crippen LogP contribution in [0.25, 0.3) is 0 Å². The molecule has 1 aromatic carbocycles. The average Bonchev–Trinajstić information content (AvgIpc) is 2.84. The summed E-state index contributed by atoms with van der Waals surface area (Å²) in [4.78, 5) is 20.3. The Bertz CT molecular complexity index is 690. The first-order valence-corrected chi connectivity index (χ1v) is 8.03. The van der Waals surface area contributed by atoms with Crippen LogP contribution in [-0.2, 0) is 10.0 Å². The SMILES string of the molecule is O=C(O)N[C@H]1CC[C@@H](NS(=O)(=O)c2ccccc2[N+](=O)[O-])C1. The fourth-order valence-electron chi connectivity index (χ4n) is 2.51. The number of rotatable bonds is 5. The van der Waals surface area contributed by atoms with Crippen molar-refractivity contribution in [3.63, 3.8) is 0 Å². The predicted molar refractivity (Wildman–Crippen MR) is 76.0 cm³/mol. The molecule has 9 nitrogen and oxygen atoms in total. The van der Waals surface area contributed by atoms with Crippen LogP contribution in [0.1, 0.15) is 19.3 Å². The van der Waals surface area contributed by atoms with Gasteiger partial charge in [-0.15, -0.1) is 0 Å². The molecule has 2 atom stereocenters. The second-order valence-electron chi connectivity index (χ2n) is 5.00. The van der Waals surface area contributed by atoms with Gasteiger partial charge >= 0.3 is 6.09 Å². The molecule has 0 aromatic heterocycles. The van der Waals surface area contributed by atoms with Gasteiger partial charge in [-0.1, -0.05) is 12.1 Å². The number of carboxylic acid groups (broad SMARTS) is 1. The Morgan fingerprint density at radius 3 is 2.55 bits per heavy atom. The van der Waals surface area contributed by atoms with Gasteiger partial charge in [0.05, 0.1) is 4.92 Å². The molecule has 1 amide bonds. The van der Waals surface area contributed by atoms with E-state index in [1.54, 1.807) is 0 Å². The lowest BCUT2D eigenvalue weighted by Gasteiger charge is -2.14. The molecule has 3 N–H and O–H groups in total. The lowest BCUT2D eigenvalue weighted by Crippen LogP contribution is -2.36. The van der Waals surface area contributed by atoms with Crippen LogP contribution in [0, 0.1) is 10.1 Å². The number of nitrogens with zero attached hydrogens (tertiary/aromatic N) is 1. The molecule has 1 aliphatic rings. The number of benzene rings is 1. The summed E-state index contributed by atoms with van der Waals surface area (Å²) in [6, 6.07) is 4.31. The quantitative estimate of drug-likeness (QED) is 0.545. The van der Waals surface area contributed by atoms with Crippen LogP contribution in [0.15, 0.2) is 29.2 Å². The van der Waals surface area contributed by atoms with Gasteiger partial charge < -0.3 is 10.4 Å². The van der Waals surface area contributed by atoms with Gasteiger partial charge in [0.1, 0.15) is 0 Å². The van der Waals surface area contributed by atoms with Gasteiger partial charge in [-0.2, -0.15) is 0 Å². The van der Waals surface area contributed by atoms with Crippen LogP contribution in [0.3, 0.4) is 0 Å². The van der Waals surface area contributed by atoms with Crippen LogP contribution < -0.4 is 10.0 Å². The van der Waals surface area contributed by atoms with Crippen LogP contribution in [0.5, 0.6) is 0 Å². The van der Waals surface area contributed by atoms with Gasteiger partial charge in [0.2, 0.25) is 10.0 Å². The lowest BCUT2D eigenvalue weighted by molar-refractivity contribution is -0.387. The molecule has 22 heavy (non-hydrogen) atoms. The van der Waals surface area contributed by atoms with E-state index in [1.165, 1.54) is 18.2 Å². The largest absolute Gasteiger partial charge is 0.465 e. The molecule has 0 spiro atoms. The highest BCUT2D eigenvalue weighted by atomic mass is 32.2. The van der Waals surface area contributed by atoms with Crippen molar-refractivity contribution in [1.29, 1.82) is 0 Å². The number of hydrogen-bond donors (Lipinski definition) is 3. The zero-order chi connectivity index (χ0) is 16.3. The maximum absolute atomic E-state index is 12.3. The standard InChI is InChI=1S/C12H15N3O6S/c16-12(17)13-8-5-6-9(7-8)14-22(20,21)11-4-2-1-3-10(11)15(18)19/h1-4,8-9,13-14H,5-7H2,(H,16,17)/t8-,9+/m0/s1. The first-order chi connectivity index (χ1) is 10.3. The van der Waals surface area contributed by atoms with Crippen molar-refractivity contribution < 1.29 is 23.2 Å². The second-order valence-corrected chi connectivity index (χ2v) is 6.68. The first kappa shape index (κ1) is 16.2. The van der Waals surface area contributed by atoms with Gasteiger partial charge in [0.25, 0.3) is 5.69 Å². The lowest BCUT2D eigenvalue weighted by atomic mass is 10.2. The summed E-state index contributed by atoms with van der Waals surface area (Å²) in [7, 11) is -4.04. The molecular weight excluding hydrogens is 314 g/mol. The van der Waals surface area contributed by atoms with E-state index in [-0.39, 0.29) is 6.04 Å². The number of sulfonamides is 1. The van der Waals surface area contributed by atoms with Gasteiger partial charge in [0.15, 0.2) is 4.90 Å². The summed E-state index contributed by atoms with van der Waals surface area (Å²) in [5.41, 5.74) is -0.492. The summed E-state index contributed by atoms with van der Waals surface area (Å²) in [6.45, 7) is 0. The van der Waals surface area contributed by atoms with E-state index in [1.807, 2.05) is 0 Å². The summed E-state index contributed by atoms with van der Waals surface area (Å²) >= 11 is 0. The third-order valence-electron chi connectivity index (χ3n) is 3.43. The number of para-hydroxylation sites is 1. The van der Waals surface area contributed by atoms with Gasteiger partial charge in [-0.05, 0) is 25.3 Å². The highest BCUT2D eigenvalue weighted by Gasteiger charge is 2.32. The summed E-state index contributed by atoms with van der Waals surface area (Å²) in [5, 5.41) is 21.9.